The number of rotatable bonds is 5. The molecule has 2 aromatic heterocycles. The lowest BCUT2D eigenvalue weighted by Crippen LogP contribution is -2.48. The number of nitrogens with zero attached hydrogens (tertiary/aromatic N) is 3. The Bertz CT molecular complexity index is 600. The minimum absolute atomic E-state index is 0.00371. The summed E-state index contributed by atoms with van der Waals surface area (Å²) in [5.74, 6) is 0.327. The van der Waals surface area contributed by atoms with Crippen LogP contribution in [0.4, 0.5) is 4.79 Å². The largest absolute Gasteiger partial charge is 0.369 e. The highest BCUT2D eigenvalue weighted by molar-refractivity contribution is 7.10. The number of amides is 2. The Morgan fingerprint density at radius 1 is 1.57 bits per heavy atom. The number of hydrogen-bond acceptors (Lipinski definition) is 4. The lowest BCUT2D eigenvalue weighted by atomic mass is 10.2. The summed E-state index contributed by atoms with van der Waals surface area (Å²) in [6.45, 7) is 5.38. The maximum absolute atomic E-state index is 12.4. The molecule has 3 heterocycles. The highest BCUT2D eigenvalue weighted by atomic mass is 32.1. The van der Waals surface area contributed by atoms with Crippen LogP contribution in [0.5, 0.6) is 0 Å². The average molecular weight is 334 g/mol. The number of thiophene rings is 1. The van der Waals surface area contributed by atoms with E-state index in [1.807, 2.05) is 33.3 Å². The average Bonchev–Trinajstić information content (AvgIpc) is 3.26. The van der Waals surface area contributed by atoms with Crippen LogP contribution in [0, 0.1) is 5.92 Å². The molecule has 2 atom stereocenters. The molecular weight excluding hydrogens is 312 g/mol. The first-order chi connectivity index (χ1) is 11.2. The Balaban J connectivity index is 1.46. The predicted molar refractivity (Wildman–Crippen MR) is 89.4 cm³/mol. The molecule has 0 aliphatic carbocycles. The molecule has 7 heteroatoms. The van der Waals surface area contributed by atoms with Crippen molar-refractivity contribution in [1.29, 1.82) is 0 Å². The first kappa shape index (κ1) is 16.0. The van der Waals surface area contributed by atoms with E-state index in [0.717, 1.165) is 6.54 Å². The van der Waals surface area contributed by atoms with E-state index in [4.69, 9.17) is 4.74 Å². The van der Waals surface area contributed by atoms with Crippen molar-refractivity contribution in [2.45, 2.75) is 19.6 Å². The zero-order chi connectivity index (χ0) is 16.1. The summed E-state index contributed by atoms with van der Waals surface area (Å²) in [5, 5.41) is 9.25. The van der Waals surface area contributed by atoms with Crippen LogP contribution in [-0.2, 0) is 11.3 Å². The van der Waals surface area contributed by atoms with Crippen molar-refractivity contribution < 1.29 is 9.53 Å². The molecule has 2 amide bonds. The first-order valence-electron chi connectivity index (χ1n) is 7.87. The van der Waals surface area contributed by atoms with Crippen LogP contribution in [0.1, 0.15) is 17.9 Å². The Morgan fingerprint density at radius 3 is 3.22 bits per heavy atom. The SMILES string of the molecule is CC(CNC(=O)N1CCOC(c2cccs2)C1)Cn1cccn1. The monoisotopic (exact) mass is 334 g/mol. The summed E-state index contributed by atoms with van der Waals surface area (Å²) in [4.78, 5) is 15.4. The smallest absolute Gasteiger partial charge is 0.317 e. The molecule has 6 nitrogen and oxygen atoms in total. The van der Waals surface area contributed by atoms with Gasteiger partial charge < -0.3 is 15.0 Å². The summed E-state index contributed by atoms with van der Waals surface area (Å²) in [7, 11) is 0. The quantitative estimate of drug-likeness (QED) is 0.913. The minimum atomic E-state index is -0.0119. The standard InChI is InChI=1S/C16H22N4O2S/c1-13(11-20-6-3-5-18-20)10-17-16(21)19-7-8-22-14(12-19)15-4-2-9-23-15/h2-6,9,13-14H,7-8,10-12H2,1H3,(H,17,21). The molecule has 0 spiro atoms. The Kier molecular flexibility index (Phi) is 5.30. The fourth-order valence-electron chi connectivity index (χ4n) is 2.65. The van der Waals surface area contributed by atoms with Crippen LogP contribution in [0.3, 0.4) is 0 Å². The summed E-state index contributed by atoms with van der Waals surface area (Å²) in [5.41, 5.74) is 0. The van der Waals surface area contributed by atoms with Gasteiger partial charge in [0, 0.05) is 36.9 Å². The van der Waals surface area contributed by atoms with Crippen molar-refractivity contribution in [2.75, 3.05) is 26.2 Å². The van der Waals surface area contributed by atoms with Gasteiger partial charge in [-0.05, 0) is 23.4 Å². The van der Waals surface area contributed by atoms with E-state index >= 15 is 0 Å². The zero-order valence-corrected chi connectivity index (χ0v) is 14.0. The molecule has 0 saturated carbocycles. The molecule has 1 aliphatic heterocycles. The number of nitrogens with one attached hydrogen (secondary N) is 1. The molecule has 2 unspecified atom stereocenters. The van der Waals surface area contributed by atoms with Crippen molar-refractivity contribution >= 4 is 17.4 Å². The lowest BCUT2D eigenvalue weighted by molar-refractivity contribution is -0.0136. The highest BCUT2D eigenvalue weighted by Crippen LogP contribution is 2.25. The number of aromatic nitrogens is 2. The van der Waals surface area contributed by atoms with Crippen molar-refractivity contribution in [3.05, 3.63) is 40.8 Å². The van der Waals surface area contributed by atoms with Crippen molar-refractivity contribution in [3.63, 3.8) is 0 Å². The fraction of sp³-hybridized carbons (Fsp3) is 0.500. The van der Waals surface area contributed by atoms with E-state index in [-0.39, 0.29) is 12.1 Å². The van der Waals surface area contributed by atoms with Crippen LogP contribution in [0.25, 0.3) is 0 Å². The Hall–Kier alpha value is -1.86. The molecule has 0 bridgehead atoms. The maximum atomic E-state index is 12.4. The molecular formula is C16H22N4O2S. The fourth-order valence-corrected chi connectivity index (χ4v) is 3.41. The Morgan fingerprint density at radius 2 is 2.48 bits per heavy atom. The molecule has 1 N–H and O–H groups in total. The van der Waals surface area contributed by atoms with Gasteiger partial charge in [-0.2, -0.15) is 5.10 Å². The van der Waals surface area contributed by atoms with Gasteiger partial charge in [0.1, 0.15) is 6.10 Å². The molecule has 3 rings (SSSR count). The number of morpholine rings is 1. The van der Waals surface area contributed by atoms with E-state index in [2.05, 4.69) is 23.4 Å². The molecule has 2 aromatic rings. The second-order valence-corrected chi connectivity index (χ2v) is 6.82. The summed E-state index contributed by atoms with van der Waals surface area (Å²) in [6.07, 6.45) is 3.70. The van der Waals surface area contributed by atoms with Gasteiger partial charge >= 0.3 is 6.03 Å². The number of hydrogen-bond donors (Lipinski definition) is 1. The third kappa shape index (κ3) is 4.33. The second kappa shape index (κ2) is 7.61. The number of urea groups is 1. The van der Waals surface area contributed by atoms with E-state index in [9.17, 15) is 4.79 Å². The van der Waals surface area contributed by atoms with E-state index in [0.29, 0.717) is 32.2 Å². The van der Waals surface area contributed by atoms with Gasteiger partial charge in [-0.15, -0.1) is 11.3 Å². The van der Waals surface area contributed by atoms with Crippen LogP contribution < -0.4 is 5.32 Å². The number of carbonyl (C=O) groups excluding carboxylic acids is 1. The number of carbonyl (C=O) groups is 1. The van der Waals surface area contributed by atoms with Gasteiger partial charge in [0.15, 0.2) is 0 Å². The minimum Gasteiger partial charge on any atom is -0.369 e. The van der Waals surface area contributed by atoms with Gasteiger partial charge in [-0.1, -0.05) is 13.0 Å². The molecule has 1 saturated heterocycles. The first-order valence-corrected chi connectivity index (χ1v) is 8.75. The Labute approximate surface area is 140 Å². The molecule has 0 aromatic carbocycles. The van der Waals surface area contributed by atoms with Crippen LogP contribution in [0.2, 0.25) is 0 Å². The van der Waals surface area contributed by atoms with Gasteiger partial charge in [-0.3, -0.25) is 4.68 Å². The molecule has 1 aliphatic rings. The second-order valence-electron chi connectivity index (χ2n) is 5.84. The highest BCUT2D eigenvalue weighted by Gasteiger charge is 2.26. The summed E-state index contributed by atoms with van der Waals surface area (Å²) in [6, 6.07) is 5.97. The van der Waals surface area contributed by atoms with Crippen molar-refractivity contribution in [1.82, 2.24) is 20.0 Å². The van der Waals surface area contributed by atoms with Crippen LogP contribution in [0.15, 0.2) is 36.0 Å². The topological polar surface area (TPSA) is 59.4 Å². The van der Waals surface area contributed by atoms with Crippen LogP contribution >= 0.6 is 11.3 Å². The maximum Gasteiger partial charge on any atom is 0.317 e. The third-order valence-corrected chi connectivity index (χ3v) is 4.84. The molecule has 23 heavy (non-hydrogen) atoms. The van der Waals surface area contributed by atoms with Gasteiger partial charge in [0.05, 0.1) is 13.2 Å². The van der Waals surface area contributed by atoms with Gasteiger partial charge in [0.2, 0.25) is 0 Å². The van der Waals surface area contributed by atoms with E-state index < -0.39 is 0 Å². The number of ether oxygens (including phenoxy) is 1. The predicted octanol–water partition coefficient (Wildman–Crippen LogP) is 2.36. The molecule has 0 radical (unpaired) electrons. The van der Waals surface area contributed by atoms with Crippen LogP contribution in [-0.4, -0.2) is 47.0 Å². The summed E-state index contributed by atoms with van der Waals surface area (Å²) >= 11 is 1.67. The normalized spacial score (nSPS) is 19.5. The van der Waals surface area contributed by atoms with E-state index in [1.54, 1.807) is 17.5 Å². The summed E-state index contributed by atoms with van der Waals surface area (Å²) < 4.78 is 7.66. The third-order valence-electron chi connectivity index (χ3n) is 3.87. The van der Waals surface area contributed by atoms with Gasteiger partial charge in [0.25, 0.3) is 0 Å². The van der Waals surface area contributed by atoms with E-state index in [1.165, 1.54) is 4.88 Å². The molecule has 1 fully saturated rings. The molecule has 124 valence electrons. The van der Waals surface area contributed by atoms with Crippen molar-refractivity contribution in [2.24, 2.45) is 5.92 Å². The zero-order valence-electron chi connectivity index (χ0n) is 13.2. The lowest BCUT2D eigenvalue weighted by Gasteiger charge is -2.32. The van der Waals surface area contributed by atoms with Crippen molar-refractivity contribution in [3.8, 4) is 0 Å². The van der Waals surface area contributed by atoms with Gasteiger partial charge in [-0.25, -0.2) is 4.79 Å².